The average molecular weight is 551 g/mol. The van der Waals surface area contributed by atoms with Gasteiger partial charge in [0.2, 0.25) is 0 Å². The number of rotatable bonds is 6. The lowest BCUT2D eigenvalue weighted by Gasteiger charge is -2.36. The largest absolute Gasteiger partial charge is 0.432 e. The van der Waals surface area contributed by atoms with Gasteiger partial charge in [0.25, 0.3) is 0 Å². The molecule has 0 N–H and O–H groups in total. The third-order valence-corrected chi connectivity index (χ3v) is 8.34. The molecule has 0 radical (unpaired) electrons. The minimum absolute atomic E-state index is 0.0518. The number of ether oxygens (including phenoxy) is 1. The monoisotopic (exact) mass is 550 g/mol. The normalized spacial score (nSPS) is 20.7. The van der Waals surface area contributed by atoms with Gasteiger partial charge in [0.15, 0.2) is 17.5 Å². The third kappa shape index (κ3) is 5.94. The van der Waals surface area contributed by atoms with Gasteiger partial charge < -0.3 is 4.74 Å². The van der Waals surface area contributed by atoms with E-state index in [1.807, 2.05) is 12.1 Å². The van der Waals surface area contributed by atoms with Crippen LogP contribution in [0.15, 0.2) is 48.5 Å². The molecule has 2 aliphatic rings. The van der Waals surface area contributed by atoms with Gasteiger partial charge in [0.1, 0.15) is 22.9 Å². The number of benzene rings is 3. The fourth-order valence-electron chi connectivity index (χ4n) is 6.29. The second-order valence-electron chi connectivity index (χ2n) is 10.8. The molecule has 2 fully saturated rings. The molecule has 3 aromatic rings. The second kappa shape index (κ2) is 11.2. The van der Waals surface area contributed by atoms with Crippen LogP contribution in [0.1, 0.15) is 74.8 Å². The van der Waals surface area contributed by atoms with Gasteiger partial charge in [-0.2, -0.15) is 8.78 Å². The number of alkyl halides is 2. The molecule has 8 heteroatoms. The summed E-state index contributed by atoms with van der Waals surface area (Å²) >= 11 is 0. The molecule has 0 unspecified atom stereocenters. The number of halogens is 7. The van der Waals surface area contributed by atoms with E-state index in [9.17, 15) is 30.7 Å². The van der Waals surface area contributed by atoms with E-state index in [1.54, 1.807) is 12.1 Å². The summed E-state index contributed by atoms with van der Waals surface area (Å²) in [6.45, 7) is 0. The first-order valence-corrected chi connectivity index (χ1v) is 13.4. The topological polar surface area (TPSA) is 9.23 Å². The van der Waals surface area contributed by atoms with E-state index in [2.05, 4.69) is 4.74 Å². The predicted octanol–water partition coefficient (Wildman–Crippen LogP) is 10.0. The standard InChI is InChI=1S/C31H29F7O/c32-25-14-23(15-26(33)29(25)31(37,38)39-24-16-27(34)30(36)28(35)17-24)22-12-10-21(11-13-22)20-8-6-19(7-9-20)18-4-2-1-3-5-18/h10-20H,1-9H2. The Bertz CT molecular complexity index is 1260. The molecule has 5 rings (SSSR count). The maximum Gasteiger partial charge on any atom is 0.432 e. The van der Waals surface area contributed by atoms with Crippen LogP contribution in [0.5, 0.6) is 5.75 Å². The van der Waals surface area contributed by atoms with Crippen molar-refractivity contribution in [2.45, 2.75) is 69.8 Å². The van der Waals surface area contributed by atoms with E-state index in [1.165, 1.54) is 44.9 Å². The van der Waals surface area contributed by atoms with Crippen LogP contribution in [0.25, 0.3) is 11.1 Å². The second-order valence-corrected chi connectivity index (χ2v) is 10.8. The molecular weight excluding hydrogens is 521 g/mol. The van der Waals surface area contributed by atoms with E-state index in [0.717, 1.165) is 42.4 Å². The first-order chi connectivity index (χ1) is 18.6. The lowest BCUT2D eigenvalue weighted by atomic mass is 9.70. The van der Waals surface area contributed by atoms with Crippen LogP contribution in [0, 0.1) is 40.9 Å². The molecule has 0 spiro atoms. The Morgan fingerprint density at radius 2 is 1.13 bits per heavy atom. The van der Waals surface area contributed by atoms with E-state index < -0.39 is 46.5 Å². The average Bonchev–Trinajstić information content (AvgIpc) is 2.91. The van der Waals surface area contributed by atoms with Crippen molar-refractivity contribution in [2.24, 2.45) is 11.8 Å². The first kappa shape index (κ1) is 27.5. The van der Waals surface area contributed by atoms with Crippen molar-refractivity contribution < 1.29 is 35.5 Å². The minimum atomic E-state index is -4.62. The Kier molecular flexibility index (Phi) is 7.92. The summed E-state index contributed by atoms with van der Waals surface area (Å²) in [6, 6.07) is 9.11. The molecule has 1 nitrogen and oxygen atoms in total. The van der Waals surface area contributed by atoms with Crippen molar-refractivity contribution in [3.8, 4) is 16.9 Å². The van der Waals surface area contributed by atoms with Gasteiger partial charge in [-0.1, -0.05) is 56.4 Å². The molecule has 0 aromatic heterocycles. The molecule has 0 aliphatic heterocycles. The van der Waals surface area contributed by atoms with Crippen LogP contribution in [0.2, 0.25) is 0 Å². The highest BCUT2D eigenvalue weighted by Crippen LogP contribution is 2.43. The van der Waals surface area contributed by atoms with Crippen molar-refractivity contribution in [3.05, 3.63) is 88.7 Å². The van der Waals surface area contributed by atoms with E-state index in [-0.39, 0.29) is 17.7 Å². The third-order valence-electron chi connectivity index (χ3n) is 8.34. The predicted molar refractivity (Wildman–Crippen MR) is 134 cm³/mol. The Balaban J connectivity index is 1.28. The smallest absolute Gasteiger partial charge is 0.429 e. The summed E-state index contributed by atoms with van der Waals surface area (Å²) in [4.78, 5) is 0. The Hall–Kier alpha value is -3.03. The van der Waals surface area contributed by atoms with Gasteiger partial charge in [-0.3, -0.25) is 0 Å². The van der Waals surface area contributed by atoms with Gasteiger partial charge in [-0.05, 0) is 72.3 Å². The van der Waals surface area contributed by atoms with Gasteiger partial charge in [-0.15, -0.1) is 0 Å². The van der Waals surface area contributed by atoms with Gasteiger partial charge in [0, 0.05) is 12.1 Å². The van der Waals surface area contributed by atoms with Crippen LogP contribution in [-0.4, -0.2) is 0 Å². The summed E-state index contributed by atoms with van der Waals surface area (Å²) in [5.74, 6) is -7.68. The highest BCUT2D eigenvalue weighted by atomic mass is 19.3. The van der Waals surface area contributed by atoms with Crippen molar-refractivity contribution in [2.75, 3.05) is 0 Å². The molecule has 208 valence electrons. The molecule has 3 aromatic carbocycles. The summed E-state index contributed by atoms with van der Waals surface area (Å²) in [6.07, 6.45) is 6.73. The molecule has 0 saturated heterocycles. The number of hydrogen-bond donors (Lipinski definition) is 0. The summed E-state index contributed by atoms with van der Waals surface area (Å²) < 4.78 is 103. The lowest BCUT2D eigenvalue weighted by molar-refractivity contribution is -0.189. The van der Waals surface area contributed by atoms with Crippen molar-refractivity contribution in [1.82, 2.24) is 0 Å². The van der Waals surface area contributed by atoms with Gasteiger partial charge in [-0.25, -0.2) is 22.0 Å². The molecule has 0 heterocycles. The molecular formula is C31H29F7O. The zero-order valence-corrected chi connectivity index (χ0v) is 21.3. The summed E-state index contributed by atoms with van der Waals surface area (Å²) in [5, 5.41) is 0. The van der Waals surface area contributed by atoms with Crippen LogP contribution >= 0.6 is 0 Å². The van der Waals surface area contributed by atoms with E-state index in [0.29, 0.717) is 11.5 Å². The van der Waals surface area contributed by atoms with Crippen LogP contribution in [0.4, 0.5) is 30.7 Å². The fourth-order valence-corrected chi connectivity index (χ4v) is 6.29. The van der Waals surface area contributed by atoms with Crippen LogP contribution in [-0.2, 0) is 6.11 Å². The minimum Gasteiger partial charge on any atom is -0.429 e. The van der Waals surface area contributed by atoms with Gasteiger partial charge in [0.05, 0.1) is 0 Å². The molecule has 0 atom stereocenters. The zero-order valence-electron chi connectivity index (χ0n) is 21.3. The van der Waals surface area contributed by atoms with E-state index >= 15 is 0 Å². The Labute approximate surface area is 223 Å². The maximum absolute atomic E-state index is 14.8. The molecule has 0 amide bonds. The van der Waals surface area contributed by atoms with Crippen LogP contribution < -0.4 is 4.74 Å². The summed E-state index contributed by atoms with van der Waals surface area (Å²) in [7, 11) is 0. The number of hydrogen-bond acceptors (Lipinski definition) is 1. The quantitative estimate of drug-likeness (QED) is 0.219. The van der Waals surface area contributed by atoms with Crippen LogP contribution in [0.3, 0.4) is 0 Å². The Morgan fingerprint density at radius 3 is 1.69 bits per heavy atom. The van der Waals surface area contributed by atoms with Crippen molar-refractivity contribution in [3.63, 3.8) is 0 Å². The fraction of sp³-hybridized carbons (Fsp3) is 0.419. The lowest BCUT2D eigenvalue weighted by Crippen LogP contribution is -2.25. The molecule has 39 heavy (non-hydrogen) atoms. The summed E-state index contributed by atoms with van der Waals surface area (Å²) in [5.41, 5.74) is -0.0679. The zero-order chi connectivity index (χ0) is 27.7. The molecule has 2 aliphatic carbocycles. The Morgan fingerprint density at radius 1 is 0.590 bits per heavy atom. The van der Waals surface area contributed by atoms with Crippen molar-refractivity contribution >= 4 is 0 Å². The molecule has 2 saturated carbocycles. The maximum atomic E-state index is 14.8. The van der Waals surface area contributed by atoms with E-state index in [4.69, 9.17) is 0 Å². The highest BCUT2D eigenvalue weighted by Gasteiger charge is 2.41. The van der Waals surface area contributed by atoms with Gasteiger partial charge >= 0.3 is 6.11 Å². The highest BCUT2D eigenvalue weighted by molar-refractivity contribution is 5.64. The SMILES string of the molecule is Fc1cc(OC(F)(F)c2c(F)cc(-c3ccc(C4CCC(C5CCCCC5)CC4)cc3)cc2F)cc(F)c1F. The first-order valence-electron chi connectivity index (χ1n) is 13.4. The molecule has 0 bridgehead atoms. The van der Waals surface area contributed by atoms with Crippen molar-refractivity contribution in [1.29, 1.82) is 0 Å².